The minimum Gasteiger partial charge on any atom is -0.468 e. The molecule has 0 aliphatic rings. The number of carbonyl (C=O) groups is 1. The topological polar surface area (TPSA) is 64.6 Å². The van der Waals surface area contributed by atoms with Crippen LogP contribution in [0.3, 0.4) is 0 Å². The van der Waals surface area contributed by atoms with Gasteiger partial charge in [-0.1, -0.05) is 25.9 Å². The molecule has 0 radical (unpaired) electrons. The molecule has 0 spiro atoms. The monoisotopic (exact) mass is 236 g/mol. The number of methoxy groups -OCH3 is 1. The molecule has 88 valence electrons. The summed E-state index contributed by atoms with van der Waals surface area (Å²) in [4.78, 5) is 11.4. The summed E-state index contributed by atoms with van der Waals surface area (Å²) in [6.07, 6.45) is 0. The van der Waals surface area contributed by atoms with Gasteiger partial charge < -0.3 is 4.74 Å². The van der Waals surface area contributed by atoms with Crippen molar-refractivity contribution in [2.75, 3.05) is 13.7 Å². The molecule has 0 amide bonds. The molecule has 1 unspecified atom stereocenters. The molecule has 0 aliphatic heterocycles. The SMILES string of the molecule is CCO[P+](=O)N[C@@H](C(=O)OC)C(C)(C)C. The van der Waals surface area contributed by atoms with E-state index in [0.717, 1.165) is 0 Å². The summed E-state index contributed by atoms with van der Waals surface area (Å²) in [5.74, 6) is -0.439. The second-order valence-electron chi connectivity index (χ2n) is 4.13. The van der Waals surface area contributed by atoms with E-state index in [4.69, 9.17) is 4.52 Å². The summed E-state index contributed by atoms with van der Waals surface area (Å²) in [6.45, 7) is 7.64. The molecule has 0 bridgehead atoms. The Balaban J connectivity index is 4.53. The Labute approximate surface area is 91.4 Å². The first-order chi connectivity index (χ1) is 6.82. The van der Waals surface area contributed by atoms with Crippen LogP contribution in [0.2, 0.25) is 0 Å². The molecule has 6 heteroatoms. The number of carbonyl (C=O) groups excluding carboxylic acids is 1. The third kappa shape index (κ3) is 5.21. The number of esters is 1. The first-order valence-electron chi connectivity index (χ1n) is 4.77. The normalized spacial score (nSPS) is 14.6. The largest absolute Gasteiger partial charge is 0.613 e. The highest BCUT2D eigenvalue weighted by Crippen LogP contribution is 2.27. The Morgan fingerprint density at radius 2 is 2.00 bits per heavy atom. The Bertz CT molecular complexity index is 237. The van der Waals surface area contributed by atoms with Gasteiger partial charge in [0.05, 0.1) is 7.11 Å². The van der Waals surface area contributed by atoms with E-state index in [1.807, 2.05) is 20.8 Å². The fraction of sp³-hybridized carbons (Fsp3) is 0.889. The van der Waals surface area contributed by atoms with E-state index in [0.29, 0.717) is 6.61 Å². The lowest BCUT2D eigenvalue weighted by molar-refractivity contribution is -0.145. The molecule has 1 N–H and O–H groups in total. The molecule has 0 fully saturated rings. The highest BCUT2D eigenvalue weighted by Gasteiger charge is 2.39. The summed E-state index contributed by atoms with van der Waals surface area (Å²) < 4.78 is 20.8. The number of hydrogen-bond donors (Lipinski definition) is 1. The summed E-state index contributed by atoms with van der Waals surface area (Å²) in [5, 5.41) is 2.62. The Hall–Kier alpha value is -0.510. The predicted molar refractivity (Wildman–Crippen MR) is 57.6 cm³/mol. The summed E-state index contributed by atoms with van der Waals surface area (Å²) in [6, 6.07) is -0.641. The summed E-state index contributed by atoms with van der Waals surface area (Å²) in [5.41, 5.74) is -0.380. The van der Waals surface area contributed by atoms with Crippen molar-refractivity contribution in [2.45, 2.75) is 33.7 Å². The maximum atomic E-state index is 11.4. The van der Waals surface area contributed by atoms with E-state index in [2.05, 4.69) is 9.82 Å². The van der Waals surface area contributed by atoms with Gasteiger partial charge in [0.25, 0.3) is 0 Å². The fourth-order valence-corrected chi connectivity index (χ4v) is 1.99. The molecule has 0 aromatic heterocycles. The van der Waals surface area contributed by atoms with Crippen LogP contribution < -0.4 is 5.09 Å². The van der Waals surface area contributed by atoms with Gasteiger partial charge in [-0.25, -0.2) is 0 Å². The Morgan fingerprint density at radius 3 is 2.33 bits per heavy atom. The number of rotatable bonds is 5. The van der Waals surface area contributed by atoms with Gasteiger partial charge in [0.15, 0.2) is 6.04 Å². The van der Waals surface area contributed by atoms with Crippen LogP contribution in [0.25, 0.3) is 0 Å². The van der Waals surface area contributed by atoms with E-state index < -0.39 is 20.2 Å². The van der Waals surface area contributed by atoms with Crippen LogP contribution >= 0.6 is 8.18 Å². The maximum Gasteiger partial charge on any atom is 0.613 e. The van der Waals surface area contributed by atoms with Crippen molar-refractivity contribution in [3.8, 4) is 0 Å². The van der Waals surface area contributed by atoms with Crippen molar-refractivity contribution in [3.63, 3.8) is 0 Å². The van der Waals surface area contributed by atoms with Gasteiger partial charge in [-0.3, -0.25) is 4.79 Å². The lowest BCUT2D eigenvalue weighted by Gasteiger charge is -2.24. The zero-order chi connectivity index (χ0) is 12.1. The van der Waals surface area contributed by atoms with Crippen LogP contribution in [0.1, 0.15) is 27.7 Å². The highest BCUT2D eigenvalue weighted by molar-refractivity contribution is 7.36. The summed E-state index contributed by atoms with van der Waals surface area (Å²) >= 11 is 0. The average Bonchev–Trinajstić information content (AvgIpc) is 2.12. The number of hydrogen-bond acceptors (Lipinski definition) is 4. The molecule has 2 atom stereocenters. The van der Waals surface area contributed by atoms with Gasteiger partial charge in [0, 0.05) is 0 Å². The Kier molecular flexibility index (Phi) is 5.95. The molecule has 15 heavy (non-hydrogen) atoms. The molecule has 0 saturated heterocycles. The first-order valence-corrected chi connectivity index (χ1v) is 5.94. The highest BCUT2D eigenvalue weighted by atomic mass is 31.1. The van der Waals surface area contributed by atoms with Gasteiger partial charge in [-0.05, 0) is 16.9 Å². The van der Waals surface area contributed by atoms with Crippen molar-refractivity contribution < 1.29 is 18.6 Å². The number of nitrogens with one attached hydrogen (secondary N) is 1. The van der Waals surface area contributed by atoms with Crippen LogP contribution in [-0.2, 0) is 18.6 Å². The third-order valence-electron chi connectivity index (χ3n) is 1.78. The van der Waals surface area contributed by atoms with E-state index >= 15 is 0 Å². The van der Waals surface area contributed by atoms with Crippen molar-refractivity contribution in [1.82, 2.24) is 5.09 Å². The van der Waals surface area contributed by atoms with Gasteiger partial charge in [-0.2, -0.15) is 0 Å². The van der Waals surface area contributed by atoms with Crippen LogP contribution in [0.15, 0.2) is 0 Å². The second kappa shape index (κ2) is 6.16. The molecule has 5 nitrogen and oxygen atoms in total. The molecular weight excluding hydrogens is 217 g/mol. The lowest BCUT2D eigenvalue weighted by atomic mass is 9.87. The molecular formula is C9H19NO4P+. The number of ether oxygens (including phenoxy) is 1. The third-order valence-corrected chi connectivity index (χ3v) is 2.75. The van der Waals surface area contributed by atoms with Gasteiger partial charge in [-0.15, -0.1) is 4.52 Å². The predicted octanol–water partition coefficient (Wildman–Crippen LogP) is 1.86. The van der Waals surface area contributed by atoms with Crippen molar-refractivity contribution in [1.29, 1.82) is 0 Å². The smallest absolute Gasteiger partial charge is 0.468 e. The molecule has 0 rings (SSSR count). The van der Waals surface area contributed by atoms with Gasteiger partial charge >= 0.3 is 14.1 Å². The standard InChI is InChI=1S/C9H19NO4P/c1-6-14-15(12)10-7(8(11)13-5)9(2,3)4/h7H,6H2,1-5H3,(H,10,12)/q+1/t7-/m0/s1. The fourth-order valence-electron chi connectivity index (χ4n) is 0.978. The molecule has 0 saturated carbocycles. The van der Waals surface area contributed by atoms with Crippen LogP contribution in [0.4, 0.5) is 0 Å². The first kappa shape index (κ1) is 14.5. The van der Waals surface area contributed by atoms with Crippen molar-refractivity contribution >= 4 is 14.1 Å². The second-order valence-corrected chi connectivity index (χ2v) is 5.16. The van der Waals surface area contributed by atoms with Crippen molar-refractivity contribution in [2.24, 2.45) is 5.41 Å². The zero-order valence-electron chi connectivity index (χ0n) is 9.86. The molecule has 0 heterocycles. The minimum absolute atomic E-state index is 0.334. The lowest BCUT2D eigenvalue weighted by Crippen LogP contribution is -2.44. The van der Waals surface area contributed by atoms with Gasteiger partial charge in [0.1, 0.15) is 6.61 Å². The van der Waals surface area contributed by atoms with E-state index in [1.165, 1.54) is 7.11 Å². The van der Waals surface area contributed by atoms with E-state index in [1.54, 1.807) is 6.92 Å². The average molecular weight is 236 g/mol. The molecule has 0 aromatic rings. The van der Waals surface area contributed by atoms with E-state index in [-0.39, 0.29) is 5.41 Å². The van der Waals surface area contributed by atoms with Crippen LogP contribution in [-0.4, -0.2) is 25.7 Å². The van der Waals surface area contributed by atoms with Gasteiger partial charge in [0.2, 0.25) is 0 Å². The van der Waals surface area contributed by atoms with Crippen LogP contribution in [0.5, 0.6) is 0 Å². The maximum absolute atomic E-state index is 11.4. The quantitative estimate of drug-likeness (QED) is 0.583. The zero-order valence-corrected chi connectivity index (χ0v) is 10.8. The molecule has 0 aromatic carbocycles. The molecule has 0 aliphatic carbocycles. The Morgan fingerprint density at radius 1 is 1.47 bits per heavy atom. The minimum atomic E-state index is -2.02. The van der Waals surface area contributed by atoms with Crippen molar-refractivity contribution in [3.05, 3.63) is 0 Å². The summed E-state index contributed by atoms with van der Waals surface area (Å²) in [7, 11) is -0.721. The van der Waals surface area contributed by atoms with E-state index in [9.17, 15) is 9.36 Å². The van der Waals surface area contributed by atoms with Crippen LogP contribution in [0, 0.1) is 5.41 Å².